The first-order valence-corrected chi connectivity index (χ1v) is 9.25. The molecule has 2 aromatic carbocycles. The van der Waals surface area contributed by atoms with Gasteiger partial charge in [0.1, 0.15) is 11.5 Å². The van der Waals surface area contributed by atoms with E-state index in [2.05, 4.69) is 38.4 Å². The number of hydrogen-bond acceptors (Lipinski definition) is 6. The monoisotopic (exact) mass is 490 g/mol. The summed E-state index contributed by atoms with van der Waals surface area (Å²) in [6.07, 6.45) is 1.39. The number of hydrogen-bond donors (Lipinski definition) is 2. The van der Waals surface area contributed by atoms with E-state index in [1.165, 1.54) is 18.3 Å². The van der Waals surface area contributed by atoms with E-state index < -0.39 is 4.92 Å². The molecule has 9 heteroatoms. The number of nitro benzene ring substituents is 1. The molecule has 0 bridgehead atoms. The van der Waals surface area contributed by atoms with E-state index in [4.69, 9.17) is 4.42 Å². The molecule has 0 atom stereocenters. The fourth-order valence-electron chi connectivity index (χ4n) is 2.28. The van der Waals surface area contributed by atoms with E-state index in [-0.39, 0.29) is 18.1 Å². The van der Waals surface area contributed by atoms with Gasteiger partial charge in [0, 0.05) is 27.0 Å². The van der Waals surface area contributed by atoms with Crippen LogP contribution in [0.15, 0.2) is 70.2 Å². The van der Waals surface area contributed by atoms with Crippen molar-refractivity contribution in [3.05, 3.63) is 80.1 Å². The van der Waals surface area contributed by atoms with Crippen LogP contribution < -0.4 is 10.7 Å². The molecular formula is C19H15IN4O4. The highest BCUT2D eigenvalue weighted by atomic mass is 127. The maximum absolute atomic E-state index is 11.8. The molecule has 0 saturated heterocycles. The molecule has 0 spiro atoms. The molecule has 28 heavy (non-hydrogen) atoms. The zero-order valence-corrected chi connectivity index (χ0v) is 16.6. The van der Waals surface area contributed by atoms with Crippen molar-refractivity contribution < 1.29 is 14.1 Å². The minimum atomic E-state index is -0.458. The van der Waals surface area contributed by atoms with Crippen LogP contribution in [-0.4, -0.2) is 23.6 Å². The normalized spacial score (nSPS) is 10.8. The molecule has 2 N–H and O–H groups in total. The van der Waals surface area contributed by atoms with E-state index in [1.807, 2.05) is 24.3 Å². The molecule has 0 unspecified atom stereocenters. The Balaban J connectivity index is 1.51. The zero-order valence-electron chi connectivity index (χ0n) is 14.5. The molecule has 3 rings (SSSR count). The van der Waals surface area contributed by atoms with Gasteiger partial charge in [-0.2, -0.15) is 5.10 Å². The van der Waals surface area contributed by atoms with Gasteiger partial charge in [-0.25, -0.2) is 5.43 Å². The van der Waals surface area contributed by atoms with Crippen molar-refractivity contribution in [1.29, 1.82) is 0 Å². The summed E-state index contributed by atoms with van der Waals surface area (Å²) in [6, 6.07) is 17.1. The Hall–Kier alpha value is -3.21. The third-order valence-electron chi connectivity index (χ3n) is 3.67. The summed E-state index contributed by atoms with van der Waals surface area (Å²) < 4.78 is 6.72. The Kier molecular flexibility index (Phi) is 6.37. The van der Waals surface area contributed by atoms with Crippen LogP contribution in [0.4, 0.5) is 11.4 Å². The molecule has 8 nitrogen and oxygen atoms in total. The first kappa shape index (κ1) is 19.5. The number of carbonyl (C=O) groups is 1. The number of rotatable bonds is 7. The Bertz CT molecular complexity index is 998. The minimum Gasteiger partial charge on any atom is -0.455 e. The summed E-state index contributed by atoms with van der Waals surface area (Å²) >= 11 is 2.21. The maximum atomic E-state index is 11.8. The van der Waals surface area contributed by atoms with Gasteiger partial charge >= 0.3 is 0 Å². The van der Waals surface area contributed by atoms with Crippen molar-refractivity contribution in [3.8, 4) is 11.3 Å². The summed E-state index contributed by atoms with van der Waals surface area (Å²) in [5.74, 6) is 0.694. The highest BCUT2D eigenvalue weighted by Gasteiger charge is 2.08. The lowest BCUT2D eigenvalue weighted by atomic mass is 10.1. The number of furan rings is 1. The fourth-order valence-corrected chi connectivity index (χ4v) is 2.64. The average Bonchev–Trinajstić information content (AvgIpc) is 3.16. The van der Waals surface area contributed by atoms with Crippen molar-refractivity contribution in [2.24, 2.45) is 5.10 Å². The highest BCUT2D eigenvalue weighted by molar-refractivity contribution is 14.1. The van der Waals surface area contributed by atoms with Crippen molar-refractivity contribution in [2.75, 3.05) is 11.9 Å². The molecule has 0 aliphatic carbocycles. The van der Waals surface area contributed by atoms with Gasteiger partial charge in [-0.1, -0.05) is 0 Å². The van der Waals surface area contributed by atoms with Crippen LogP contribution in [0.25, 0.3) is 11.3 Å². The molecule has 1 heterocycles. The largest absolute Gasteiger partial charge is 0.455 e. The predicted molar refractivity (Wildman–Crippen MR) is 114 cm³/mol. The second-order valence-electron chi connectivity index (χ2n) is 5.66. The number of nitrogens with zero attached hydrogens (tertiary/aromatic N) is 2. The lowest BCUT2D eigenvalue weighted by Gasteiger charge is -2.04. The topological polar surface area (TPSA) is 110 Å². The molecule has 0 fully saturated rings. The number of amides is 1. The Morgan fingerprint density at radius 3 is 2.50 bits per heavy atom. The van der Waals surface area contributed by atoms with Gasteiger partial charge in [0.2, 0.25) is 0 Å². The van der Waals surface area contributed by atoms with Crippen LogP contribution in [-0.2, 0) is 4.79 Å². The van der Waals surface area contributed by atoms with Crippen molar-refractivity contribution in [3.63, 3.8) is 0 Å². The Labute approximate surface area is 173 Å². The standard InChI is InChI=1S/C19H15IN4O4/c20-14-3-5-15(6-4-14)21-12-19(25)23-22-11-17-9-10-18(28-17)13-1-7-16(8-2-13)24(26)27/h1-11,21H,12H2,(H,23,25)/b22-11-. The number of nitrogens with one attached hydrogen (secondary N) is 2. The van der Waals surface area contributed by atoms with Gasteiger partial charge < -0.3 is 9.73 Å². The van der Waals surface area contributed by atoms with E-state index in [1.54, 1.807) is 24.3 Å². The summed E-state index contributed by atoms with van der Waals surface area (Å²) in [6.45, 7) is 0.0874. The molecule has 0 radical (unpaired) electrons. The average molecular weight is 490 g/mol. The van der Waals surface area contributed by atoms with E-state index in [0.29, 0.717) is 17.1 Å². The molecule has 0 aliphatic heterocycles. The number of non-ortho nitro benzene ring substituents is 1. The van der Waals surface area contributed by atoms with Crippen molar-refractivity contribution in [1.82, 2.24) is 5.43 Å². The Morgan fingerprint density at radius 2 is 1.82 bits per heavy atom. The zero-order chi connectivity index (χ0) is 19.9. The predicted octanol–water partition coefficient (Wildman–Crippen LogP) is 4.02. The quantitative estimate of drug-likeness (QED) is 0.225. The van der Waals surface area contributed by atoms with Crippen molar-refractivity contribution in [2.45, 2.75) is 0 Å². The van der Waals surface area contributed by atoms with Crippen LogP contribution in [0.1, 0.15) is 5.76 Å². The molecule has 1 amide bonds. The molecule has 3 aromatic rings. The number of anilines is 1. The van der Waals surface area contributed by atoms with Crippen LogP contribution in [0.2, 0.25) is 0 Å². The lowest BCUT2D eigenvalue weighted by molar-refractivity contribution is -0.384. The molecular weight excluding hydrogens is 475 g/mol. The third-order valence-corrected chi connectivity index (χ3v) is 4.39. The SMILES string of the molecule is O=C(CNc1ccc(I)cc1)N/N=C\c1ccc(-c2ccc([N+](=O)[O-])cc2)o1. The third kappa shape index (κ3) is 5.39. The summed E-state index contributed by atoms with van der Waals surface area (Å²) in [5.41, 5.74) is 3.98. The van der Waals surface area contributed by atoms with Crippen LogP contribution in [0, 0.1) is 13.7 Å². The van der Waals surface area contributed by atoms with Gasteiger partial charge in [-0.3, -0.25) is 14.9 Å². The molecule has 1 aromatic heterocycles. The van der Waals surface area contributed by atoms with E-state index in [0.717, 1.165) is 9.26 Å². The minimum absolute atomic E-state index is 0.0126. The first-order chi connectivity index (χ1) is 13.5. The lowest BCUT2D eigenvalue weighted by Crippen LogP contribution is -2.25. The number of hydrazone groups is 1. The van der Waals surface area contributed by atoms with Crippen LogP contribution in [0.5, 0.6) is 0 Å². The number of benzene rings is 2. The second-order valence-corrected chi connectivity index (χ2v) is 6.91. The number of halogens is 1. The van der Waals surface area contributed by atoms with Gasteiger partial charge in [-0.15, -0.1) is 0 Å². The Morgan fingerprint density at radius 1 is 1.11 bits per heavy atom. The van der Waals surface area contributed by atoms with E-state index in [9.17, 15) is 14.9 Å². The van der Waals surface area contributed by atoms with Gasteiger partial charge in [0.15, 0.2) is 0 Å². The fraction of sp³-hybridized carbons (Fsp3) is 0.0526. The number of carbonyl (C=O) groups excluding carboxylic acids is 1. The molecule has 0 aliphatic rings. The summed E-state index contributed by atoms with van der Waals surface area (Å²) in [5, 5.41) is 17.6. The highest BCUT2D eigenvalue weighted by Crippen LogP contribution is 2.24. The van der Waals surface area contributed by atoms with Gasteiger partial charge in [-0.05, 0) is 71.1 Å². The second kappa shape index (κ2) is 9.13. The maximum Gasteiger partial charge on any atom is 0.269 e. The van der Waals surface area contributed by atoms with E-state index >= 15 is 0 Å². The number of nitro groups is 1. The van der Waals surface area contributed by atoms with Crippen molar-refractivity contribution >= 4 is 46.1 Å². The van der Waals surface area contributed by atoms with Crippen LogP contribution in [0.3, 0.4) is 0 Å². The summed E-state index contributed by atoms with van der Waals surface area (Å²) in [4.78, 5) is 22.0. The van der Waals surface area contributed by atoms with Gasteiger partial charge in [0.25, 0.3) is 11.6 Å². The smallest absolute Gasteiger partial charge is 0.269 e. The summed E-state index contributed by atoms with van der Waals surface area (Å²) in [7, 11) is 0. The first-order valence-electron chi connectivity index (χ1n) is 8.17. The van der Waals surface area contributed by atoms with Crippen LogP contribution >= 0.6 is 22.6 Å². The molecule has 142 valence electrons. The van der Waals surface area contributed by atoms with Gasteiger partial charge in [0.05, 0.1) is 17.7 Å². The molecule has 0 saturated carbocycles.